The molecule has 202 valence electrons. The molecule has 0 radical (unpaired) electrons. The number of aliphatic carboxylic acids is 1. The van der Waals surface area contributed by atoms with Crippen LogP contribution in [0.2, 0.25) is 0 Å². The van der Waals surface area contributed by atoms with Crippen LogP contribution >= 0.6 is 11.8 Å². The van der Waals surface area contributed by atoms with Crippen LogP contribution in [0, 0.1) is 5.92 Å². The lowest BCUT2D eigenvalue weighted by Gasteiger charge is -2.25. The molecule has 0 atom stereocenters. The van der Waals surface area contributed by atoms with Crippen molar-refractivity contribution in [2.24, 2.45) is 5.92 Å². The van der Waals surface area contributed by atoms with Crippen LogP contribution in [0.15, 0.2) is 53.4 Å². The third-order valence-electron chi connectivity index (χ3n) is 7.13. The number of rotatable bonds is 13. The van der Waals surface area contributed by atoms with Gasteiger partial charge in [0, 0.05) is 23.7 Å². The van der Waals surface area contributed by atoms with E-state index in [0.717, 1.165) is 53.6 Å². The summed E-state index contributed by atoms with van der Waals surface area (Å²) in [5.74, 6) is 0.785. The molecule has 2 amide bonds. The number of nitrogens with zero attached hydrogens (tertiary/aromatic N) is 1. The Morgan fingerprint density at radius 3 is 2.30 bits per heavy atom. The standard InChI is InChI=1S/C30H42N2O4S/c1-30(2,28(33)34)37-27-18-12-24(13-19-27)20-22-32(21-8-7-11-23-9-5-4-6-10-23)29(35)31-25-14-16-26(36-3)17-15-25/h12-19,23H,4-11,20-22H2,1-3H3,(H,31,35)(H,33,34)/i3-1. The Labute approximate surface area is 226 Å². The number of urea groups is 1. The van der Waals surface area contributed by atoms with E-state index in [1.165, 1.54) is 50.3 Å². The minimum atomic E-state index is -0.879. The zero-order valence-electron chi connectivity index (χ0n) is 22.5. The molecule has 0 saturated heterocycles. The van der Waals surface area contributed by atoms with E-state index in [4.69, 9.17) is 4.74 Å². The van der Waals surface area contributed by atoms with Crippen LogP contribution in [0.4, 0.5) is 10.5 Å². The van der Waals surface area contributed by atoms with Gasteiger partial charge in [-0.2, -0.15) is 0 Å². The van der Waals surface area contributed by atoms with Gasteiger partial charge in [-0.1, -0.05) is 57.1 Å². The van der Waals surface area contributed by atoms with Crippen molar-refractivity contribution < 1.29 is 19.4 Å². The van der Waals surface area contributed by atoms with Gasteiger partial charge in [0.1, 0.15) is 10.5 Å². The molecule has 0 unspecified atom stereocenters. The van der Waals surface area contributed by atoms with Gasteiger partial charge in [-0.15, -0.1) is 11.8 Å². The van der Waals surface area contributed by atoms with Gasteiger partial charge in [0.25, 0.3) is 0 Å². The Morgan fingerprint density at radius 1 is 1.00 bits per heavy atom. The van der Waals surface area contributed by atoms with Crippen LogP contribution in [-0.4, -0.2) is 47.0 Å². The zero-order valence-corrected chi connectivity index (χ0v) is 23.3. The van der Waals surface area contributed by atoms with Crippen LogP contribution in [-0.2, 0) is 11.2 Å². The molecule has 2 N–H and O–H groups in total. The molecule has 1 saturated carbocycles. The van der Waals surface area contributed by atoms with E-state index in [2.05, 4.69) is 5.32 Å². The average Bonchev–Trinajstić information content (AvgIpc) is 2.90. The van der Waals surface area contributed by atoms with Gasteiger partial charge in [0.05, 0.1) is 7.11 Å². The molecule has 0 spiro atoms. The topological polar surface area (TPSA) is 78.9 Å². The highest BCUT2D eigenvalue weighted by Gasteiger charge is 2.28. The highest BCUT2D eigenvalue weighted by atomic mass is 32.2. The SMILES string of the molecule is CC(C)(Sc1ccc(CCN(CCCCC2CCCCC2)C(=O)Nc2ccc(O[11CH3])cc2)cc1)C(=O)O. The highest BCUT2D eigenvalue weighted by Crippen LogP contribution is 2.33. The third kappa shape index (κ3) is 9.62. The van der Waals surface area contributed by atoms with Gasteiger partial charge in [0.15, 0.2) is 0 Å². The number of nitrogens with one attached hydrogen (secondary N) is 1. The summed E-state index contributed by atoms with van der Waals surface area (Å²) < 4.78 is 4.34. The molecular formula is C30H42N2O4S. The van der Waals surface area contributed by atoms with Gasteiger partial charge in [-0.05, 0) is 74.6 Å². The van der Waals surface area contributed by atoms with E-state index in [0.29, 0.717) is 6.54 Å². The average molecular weight is 526 g/mol. The first kappa shape index (κ1) is 28.9. The van der Waals surface area contributed by atoms with Crippen molar-refractivity contribution in [3.8, 4) is 5.75 Å². The van der Waals surface area contributed by atoms with E-state index >= 15 is 0 Å². The maximum atomic E-state index is 13.2. The lowest BCUT2D eigenvalue weighted by atomic mass is 9.86. The molecule has 2 aromatic rings. The number of amides is 2. The zero-order chi connectivity index (χ0) is 26.7. The van der Waals surface area contributed by atoms with Gasteiger partial charge in [-0.25, -0.2) is 4.79 Å². The molecule has 3 rings (SSSR count). The summed E-state index contributed by atoms with van der Waals surface area (Å²) in [5.41, 5.74) is 1.88. The maximum absolute atomic E-state index is 13.2. The molecule has 7 heteroatoms. The molecule has 1 fully saturated rings. The first-order chi connectivity index (χ1) is 17.8. The largest absolute Gasteiger partial charge is 0.497 e. The third-order valence-corrected chi connectivity index (χ3v) is 8.32. The summed E-state index contributed by atoms with van der Waals surface area (Å²) in [6.45, 7) is 4.77. The summed E-state index contributed by atoms with van der Waals surface area (Å²) in [7, 11) is 1.63. The molecule has 1 aliphatic carbocycles. The van der Waals surface area contributed by atoms with Gasteiger partial charge in [0.2, 0.25) is 0 Å². The molecule has 2 aromatic carbocycles. The molecule has 0 bridgehead atoms. The number of anilines is 1. The number of benzene rings is 2. The maximum Gasteiger partial charge on any atom is 0.321 e. The first-order valence-corrected chi connectivity index (χ1v) is 14.3. The quantitative estimate of drug-likeness (QED) is 0.209. The number of carbonyl (C=O) groups is 2. The number of carboxylic acid groups (broad SMARTS) is 1. The van der Waals surface area contributed by atoms with Crippen molar-refractivity contribution in [2.45, 2.75) is 81.3 Å². The van der Waals surface area contributed by atoms with Crippen molar-refractivity contribution in [1.82, 2.24) is 4.90 Å². The Morgan fingerprint density at radius 2 is 1.68 bits per heavy atom. The molecular weight excluding hydrogens is 483 g/mol. The normalized spacial score (nSPS) is 14.2. The number of hydrogen-bond donors (Lipinski definition) is 2. The lowest BCUT2D eigenvalue weighted by molar-refractivity contribution is -0.138. The molecule has 37 heavy (non-hydrogen) atoms. The minimum Gasteiger partial charge on any atom is -0.497 e. The second kappa shape index (κ2) is 14.3. The summed E-state index contributed by atoms with van der Waals surface area (Å²) >= 11 is 1.34. The molecule has 0 heterocycles. The second-order valence-corrected chi connectivity index (χ2v) is 12.2. The van der Waals surface area contributed by atoms with Crippen molar-refractivity contribution in [2.75, 3.05) is 25.5 Å². The van der Waals surface area contributed by atoms with Crippen LogP contribution in [0.3, 0.4) is 0 Å². The fraction of sp³-hybridized carbons (Fsp3) is 0.533. The summed E-state index contributed by atoms with van der Waals surface area (Å²) in [6, 6.07) is 15.3. The van der Waals surface area contributed by atoms with E-state index in [-0.39, 0.29) is 6.03 Å². The van der Waals surface area contributed by atoms with E-state index in [1.807, 2.05) is 53.4 Å². The molecule has 0 aromatic heterocycles. The van der Waals surface area contributed by atoms with Crippen LogP contribution in [0.1, 0.15) is 70.8 Å². The number of carboxylic acids is 1. The Hall–Kier alpha value is -2.67. The van der Waals surface area contributed by atoms with Gasteiger partial charge < -0.3 is 20.1 Å². The van der Waals surface area contributed by atoms with Crippen molar-refractivity contribution >= 4 is 29.4 Å². The van der Waals surface area contributed by atoms with Crippen molar-refractivity contribution in [1.29, 1.82) is 0 Å². The van der Waals surface area contributed by atoms with Crippen LogP contribution in [0.25, 0.3) is 0 Å². The number of methoxy groups -OCH3 is 1. The summed E-state index contributed by atoms with van der Waals surface area (Å²) in [5, 5.41) is 12.4. The first-order valence-electron chi connectivity index (χ1n) is 13.5. The van der Waals surface area contributed by atoms with E-state index < -0.39 is 10.7 Å². The second-order valence-electron chi connectivity index (χ2n) is 10.5. The number of unbranched alkanes of at least 4 members (excludes halogenated alkanes) is 1. The fourth-order valence-electron chi connectivity index (χ4n) is 4.73. The fourth-order valence-corrected chi connectivity index (χ4v) is 5.68. The molecule has 0 aliphatic heterocycles. The van der Waals surface area contributed by atoms with Crippen molar-refractivity contribution in [3.63, 3.8) is 0 Å². The number of carbonyl (C=O) groups excluding carboxylic acids is 1. The van der Waals surface area contributed by atoms with Crippen LogP contribution < -0.4 is 10.1 Å². The number of thioether (sulfide) groups is 1. The monoisotopic (exact) mass is 525 g/mol. The smallest absolute Gasteiger partial charge is 0.321 e. The Kier molecular flexibility index (Phi) is 11.2. The predicted molar refractivity (Wildman–Crippen MR) is 152 cm³/mol. The van der Waals surface area contributed by atoms with Gasteiger partial charge >= 0.3 is 12.0 Å². The van der Waals surface area contributed by atoms with E-state index in [9.17, 15) is 14.7 Å². The number of hydrogen-bond acceptors (Lipinski definition) is 4. The van der Waals surface area contributed by atoms with Crippen molar-refractivity contribution in [3.05, 3.63) is 54.1 Å². The predicted octanol–water partition coefficient (Wildman–Crippen LogP) is 7.48. The lowest BCUT2D eigenvalue weighted by Crippen LogP contribution is -2.37. The van der Waals surface area contributed by atoms with Gasteiger partial charge in [-0.3, -0.25) is 4.79 Å². The Balaban J connectivity index is 1.57. The Bertz CT molecular complexity index is 986. The van der Waals surface area contributed by atoms with E-state index in [1.54, 1.807) is 21.0 Å². The summed E-state index contributed by atoms with van der Waals surface area (Å²) in [4.78, 5) is 27.4. The molecule has 1 aliphatic rings. The van der Waals surface area contributed by atoms with Crippen LogP contribution in [0.5, 0.6) is 5.75 Å². The molecule has 6 nitrogen and oxygen atoms in total. The minimum absolute atomic E-state index is 0.0850. The summed E-state index contributed by atoms with van der Waals surface area (Å²) in [6.07, 6.45) is 11.0. The highest BCUT2D eigenvalue weighted by molar-refractivity contribution is 8.01. The number of ether oxygens (including phenoxy) is 1.